The lowest BCUT2D eigenvalue weighted by Crippen LogP contribution is -2.27. The standard InChI is InChI=1S/C11H17BrN4/c1-7(2)5-14-10-8-6-13-4-3-9(8)15-11(12)16-10/h7,13H,3-6H2,1-2H3,(H,14,15,16). The molecule has 0 saturated carbocycles. The van der Waals surface area contributed by atoms with E-state index in [4.69, 9.17) is 0 Å². The zero-order valence-corrected chi connectivity index (χ0v) is 11.3. The fourth-order valence-corrected chi connectivity index (χ4v) is 2.15. The molecule has 5 heteroatoms. The Hall–Kier alpha value is -0.680. The summed E-state index contributed by atoms with van der Waals surface area (Å²) in [6.45, 7) is 7.18. The largest absolute Gasteiger partial charge is 0.369 e. The van der Waals surface area contributed by atoms with E-state index in [1.54, 1.807) is 0 Å². The molecule has 1 aromatic rings. The van der Waals surface area contributed by atoms with E-state index in [-0.39, 0.29) is 0 Å². The molecule has 4 nitrogen and oxygen atoms in total. The Morgan fingerprint density at radius 3 is 3.00 bits per heavy atom. The summed E-state index contributed by atoms with van der Waals surface area (Å²) in [5.41, 5.74) is 2.38. The highest BCUT2D eigenvalue weighted by Crippen LogP contribution is 2.22. The number of nitrogens with zero attached hydrogens (tertiary/aromatic N) is 2. The van der Waals surface area contributed by atoms with Crippen LogP contribution in [0.4, 0.5) is 5.82 Å². The molecule has 88 valence electrons. The quantitative estimate of drug-likeness (QED) is 0.833. The van der Waals surface area contributed by atoms with Crippen molar-refractivity contribution >= 4 is 21.7 Å². The zero-order valence-electron chi connectivity index (χ0n) is 9.68. The van der Waals surface area contributed by atoms with E-state index in [1.807, 2.05) is 0 Å². The fraction of sp³-hybridized carbons (Fsp3) is 0.636. The molecule has 0 fully saturated rings. The third-order valence-electron chi connectivity index (χ3n) is 2.58. The lowest BCUT2D eigenvalue weighted by molar-refractivity contribution is 0.621. The van der Waals surface area contributed by atoms with Crippen molar-refractivity contribution in [1.29, 1.82) is 0 Å². The van der Waals surface area contributed by atoms with Crippen LogP contribution in [-0.2, 0) is 13.0 Å². The fourth-order valence-electron chi connectivity index (χ4n) is 1.76. The highest BCUT2D eigenvalue weighted by Gasteiger charge is 2.16. The van der Waals surface area contributed by atoms with E-state index in [2.05, 4.69) is 50.4 Å². The molecule has 2 heterocycles. The molecule has 0 unspecified atom stereocenters. The van der Waals surface area contributed by atoms with Crippen molar-refractivity contribution in [3.05, 3.63) is 16.0 Å². The smallest absolute Gasteiger partial charge is 0.198 e. The minimum atomic E-state index is 0.612. The molecule has 0 amide bonds. The third kappa shape index (κ3) is 2.71. The van der Waals surface area contributed by atoms with E-state index in [1.165, 1.54) is 5.56 Å². The summed E-state index contributed by atoms with van der Waals surface area (Å²) in [6, 6.07) is 0. The van der Waals surface area contributed by atoms with Gasteiger partial charge in [-0.25, -0.2) is 9.97 Å². The summed E-state index contributed by atoms with van der Waals surface area (Å²) >= 11 is 3.37. The van der Waals surface area contributed by atoms with Crippen LogP contribution in [0.15, 0.2) is 4.73 Å². The maximum atomic E-state index is 4.43. The average molecular weight is 285 g/mol. The summed E-state index contributed by atoms with van der Waals surface area (Å²) in [4.78, 5) is 8.84. The van der Waals surface area contributed by atoms with Gasteiger partial charge in [0.2, 0.25) is 0 Å². The molecule has 0 bridgehead atoms. The molecular weight excluding hydrogens is 268 g/mol. The van der Waals surface area contributed by atoms with Gasteiger partial charge in [0, 0.05) is 31.6 Å². The predicted molar refractivity (Wildman–Crippen MR) is 68.5 cm³/mol. The van der Waals surface area contributed by atoms with Crippen LogP contribution in [0.1, 0.15) is 25.1 Å². The number of fused-ring (bicyclic) bond motifs is 1. The van der Waals surface area contributed by atoms with Crippen molar-refractivity contribution in [2.75, 3.05) is 18.4 Å². The molecule has 0 aromatic carbocycles. The summed E-state index contributed by atoms with van der Waals surface area (Å²) in [5.74, 6) is 1.58. The minimum absolute atomic E-state index is 0.612. The summed E-state index contributed by atoms with van der Waals surface area (Å²) < 4.78 is 0.680. The Labute approximate surface area is 104 Å². The second kappa shape index (κ2) is 5.10. The van der Waals surface area contributed by atoms with Crippen molar-refractivity contribution < 1.29 is 0 Å². The summed E-state index contributed by atoms with van der Waals surface area (Å²) in [7, 11) is 0. The molecule has 0 radical (unpaired) electrons. The average Bonchev–Trinajstić information content (AvgIpc) is 2.25. The molecule has 0 spiro atoms. The Bertz CT molecular complexity index is 378. The first-order valence-corrected chi connectivity index (χ1v) is 6.46. The number of hydrogen-bond acceptors (Lipinski definition) is 4. The molecule has 1 aliphatic heterocycles. The number of anilines is 1. The van der Waals surface area contributed by atoms with Gasteiger partial charge in [0.15, 0.2) is 4.73 Å². The van der Waals surface area contributed by atoms with E-state index in [0.29, 0.717) is 10.7 Å². The van der Waals surface area contributed by atoms with Gasteiger partial charge >= 0.3 is 0 Å². The van der Waals surface area contributed by atoms with Gasteiger partial charge in [-0.15, -0.1) is 0 Å². The molecule has 0 atom stereocenters. The maximum Gasteiger partial charge on any atom is 0.198 e. The van der Waals surface area contributed by atoms with Crippen LogP contribution in [0.25, 0.3) is 0 Å². The molecule has 0 saturated heterocycles. The molecule has 0 aliphatic carbocycles. The first kappa shape index (κ1) is 11.8. The van der Waals surface area contributed by atoms with Gasteiger partial charge in [0.25, 0.3) is 0 Å². The second-order valence-electron chi connectivity index (χ2n) is 4.47. The number of hydrogen-bond donors (Lipinski definition) is 2. The van der Waals surface area contributed by atoms with Gasteiger partial charge in [0.05, 0.1) is 5.69 Å². The van der Waals surface area contributed by atoms with Gasteiger partial charge in [-0.3, -0.25) is 0 Å². The van der Waals surface area contributed by atoms with Crippen molar-refractivity contribution in [1.82, 2.24) is 15.3 Å². The highest BCUT2D eigenvalue weighted by atomic mass is 79.9. The van der Waals surface area contributed by atoms with Crippen molar-refractivity contribution in [2.24, 2.45) is 5.92 Å². The van der Waals surface area contributed by atoms with E-state index >= 15 is 0 Å². The van der Waals surface area contributed by atoms with Crippen molar-refractivity contribution in [3.63, 3.8) is 0 Å². The van der Waals surface area contributed by atoms with Crippen LogP contribution in [0.2, 0.25) is 0 Å². The van der Waals surface area contributed by atoms with Crippen molar-refractivity contribution in [3.8, 4) is 0 Å². The summed E-state index contributed by atoms with van der Waals surface area (Å²) in [6.07, 6.45) is 0.979. The first-order chi connectivity index (χ1) is 7.66. The van der Waals surface area contributed by atoms with E-state index in [9.17, 15) is 0 Å². The van der Waals surface area contributed by atoms with Crippen LogP contribution in [-0.4, -0.2) is 23.1 Å². The van der Waals surface area contributed by atoms with Gasteiger partial charge < -0.3 is 10.6 Å². The van der Waals surface area contributed by atoms with E-state index < -0.39 is 0 Å². The van der Waals surface area contributed by atoms with Crippen LogP contribution >= 0.6 is 15.9 Å². The Morgan fingerprint density at radius 1 is 1.44 bits per heavy atom. The topological polar surface area (TPSA) is 49.8 Å². The monoisotopic (exact) mass is 284 g/mol. The lowest BCUT2D eigenvalue weighted by atomic mass is 10.1. The Balaban J connectivity index is 2.25. The third-order valence-corrected chi connectivity index (χ3v) is 2.94. The Morgan fingerprint density at radius 2 is 2.25 bits per heavy atom. The molecule has 16 heavy (non-hydrogen) atoms. The van der Waals surface area contributed by atoms with Gasteiger partial charge in [-0.1, -0.05) is 13.8 Å². The van der Waals surface area contributed by atoms with Gasteiger partial charge in [-0.05, 0) is 21.8 Å². The van der Waals surface area contributed by atoms with Crippen LogP contribution in [0, 0.1) is 5.92 Å². The van der Waals surface area contributed by atoms with Gasteiger partial charge in [0.1, 0.15) is 5.82 Å². The van der Waals surface area contributed by atoms with Crippen molar-refractivity contribution in [2.45, 2.75) is 26.8 Å². The highest BCUT2D eigenvalue weighted by molar-refractivity contribution is 9.10. The maximum absolute atomic E-state index is 4.43. The first-order valence-electron chi connectivity index (χ1n) is 5.66. The summed E-state index contributed by atoms with van der Waals surface area (Å²) in [5, 5.41) is 6.75. The second-order valence-corrected chi connectivity index (χ2v) is 5.18. The molecule has 1 aliphatic rings. The van der Waals surface area contributed by atoms with Gasteiger partial charge in [-0.2, -0.15) is 0 Å². The lowest BCUT2D eigenvalue weighted by Gasteiger charge is -2.20. The molecular formula is C11H17BrN4. The predicted octanol–water partition coefficient (Wildman–Crippen LogP) is 1.95. The SMILES string of the molecule is CC(C)CNc1nc(Br)nc2c1CNCC2. The van der Waals surface area contributed by atoms with E-state index in [0.717, 1.165) is 37.6 Å². The minimum Gasteiger partial charge on any atom is -0.369 e. The molecule has 1 aromatic heterocycles. The molecule has 2 N–H and O–H groups in total. The zero-order chi connectivity index (χ0) is 11.5. The normalized spacial score (nSPS) is 15.0. The number of halogens is 1. The van der Waals surface area contributed by atoms with Crippen LogP contribution < -0.4 is 10.6 Å². The molecule has 2 rings (SSSR count). The Kier molecular flexibility index (Phi) is 3.76. The van der Waals surface area contributed by atoms with Crippen LogP contribution in [0.3, 0.4) is 0 Å². The number of aromatic nitrogens is 2. The van der Waals surface area contributed by atoms with Crippen LogP contribution in [0.5, 0.6) is 0 Å². The number of nitrogens with one attached hydrogen (secondary N) is 2. The number of rotatable bonds is 3.